The first-order valence-corrected chi connectivity index (χ1v) is 7.11. The molecule has 0 aromatic heterocycles. The van der Waals surface area contributed by atoms with Crippen LogP contribution in [0.2, 0.25) is 0 Å². The van der Waals surface area contributed by atoms with Crippen LogP contribution in [0.3, 0.4) is 0 Å². The summed E-state index contributed by atoms with van der Waals surface area (Å²) in [5, 5.41) is 11.5. The second-order valence-electron chi connectivity index (χ2n) is 5.32. The molecule has 0 aliphatic carbocycles. The molecule has 0 spiro atoms. The number of carboxylic acid groups (broad SMARTS) is 1. The molecule has 0 saturated carbocycles. The van der Waals surface area contributed by atoms with E-state index in [4.69, 9.17) is 9.84 Å². The van der Waals surface area contributed by atoms with E-state index in [2.05, 4.69) is 19.2 Å². The van der Waals surface area contributed by atoms with Crippen LogP contribution < -0.4 is 5.32 Å². The monoisotopic (exact) mass is 285 g/mol. The first kappa shape index (κ1) is 18.6. The van der Waals surface area contributed by atoms with Crippen LogP contribution in [0.15, 0.2) is 12.2 Å². The maximum Gasteiger partial charge on any atom is 0.326 e. The van der Waals surface area contributed by atoms with E-state index < -0.39 is 12.0 Å². The van der Waals surface area contributed by atoms with Crippen molar-refractivity contribution in [1.82, 2.24) is 5.32 Å². The topological polar surface area (TPSA) is 75.6 Å². The van der Waals surface area contributed by atoms with Crippen LogP contribution in [-0.2, 0) is 14.3 Å². The van der Waals surface area contributed by atoms with Crippen LogP contribution >= 0.6 is 0 Å². The molecule has 0 radical (unpaired) electrons. The van der Waals surface area contributed by atoms with Gasteiger partial charge >= 0.3 is 5.97 Å². The van der Waals surface area contributed by atoms with Gasteiger partial charge in [0.1, 0.15) is 6.04 Å². The second-order valence-corrected chi connectivity index (χ2v) is 5.32. The number of carboxylic acids is 1. The maximum absolute atomic E-state index is 11.6. The Bertz CT molecular complexity index is 326. The van der Waals surface area contributed by atoms with E-state index in [9.17, 15) is 9.59 Å². The summed E-state index contributed by atoms with van der Waals surface area (Å²) in [4.78, 5) is 22.6. The number of carbonyl (C=O) groups is 2. The molecule has 0 aliphatic rings. The van der Waals surface area contributed by atoms with E-state index in [1.807, 2.05) is 13.8 Å². The molecule has 0 aliphatic heterocycles. The zero-order valence-electron chi connectivity index (χ0n) is 12.9. The van der Waals surface area contributed by atoms with Crippen LogP contribution in [0.1, 0.15) is 47.0 Å². The van der Waals surface area contributed by atoms with Gasteiger partial charge in [0.2, 0.25) is 5.91 Å². The lowest BCUT2D eigenvalue weighted by Gasteiger charge is -2.16. The molecule has 0 heterocycles. The lowest BCUT2D eigenvalue weighted by molar-refractivity contribution is -0.142. The number of carbonyl (C=O) groups excluding carboxylic acids is 1. The number of aliphatic carboxylic acids is 1. The normalized spacial score (nSPS) is 14.4. The van der Waals surface area contributed by atoms with Gasteiger partial charge < -0.3 is 15.2 Å². The average molecular weight is 285 g/mol. The molecule has 0 aromatic rings. The highest BCUT2D eigenvalue weighted by Gasteiger charge is 2.18. The smallest absolute Gasteiger partial charge is 0.326 e. The number of rotatable bonds is 10. The van der Waals surface area contributed by atoms with Gasteiger partial charge in [-0.25, -0.2) is 4.79 Å². The van der Waals surface area contributed by atoms with Gasteiger partial charge in [-0.1, -0.05) is 26.0 Å². The predicted molar refractivity (Wildman–Crippen MR) is 78.5 cm³/mol. The number of nitrogens with one attached hydrogen (secondary N) is 1. The third-order valence-corrected chi connectivity index (χ3v) is 2.78. The van der Waals surface area contributed by atoms with E-state index >= 15 is 0 Å². The van der Waals surface area contributed by atoms with Gasteiger partial charge in [-0.15, -0.1) is 0 Å². The Morgan fingerprint density at radius 1 is 1.30 bits per heavy atom. The van der Waals surface area contributed by atoms with Crippen molar-refractivity contribution in [2.75, 3.05) is 6.61 Å². The lowest BCUT2D eigenvalue weighted by atomic mass is 10.1. The maximum atomic E-state index is 11.6. The fourth-order valence-electron chi connectivity index (χ4n) is 1.84. The SMILES string of the molecule is C/C=C/CC(NC(=O)CCOC(C)CC(C)C)C(=O)O. The zero-order chi connectivity index (χ0) is 15.5. The molecule has 2 N–H and O–H groups in total. The Labute approximate surface area is 121 Å². The van der Waals surface area contributed by atoms with Crippen LogP contribution in [0.4, 0.5) is 0 Å². The summed E-state index contributed by atoms with van der Waals surface area (Å²) in [7, 11) is 0. The largest absolute Gasteiger partial charge is 0.480 e. The van der Waals surface area contributed by atoms with Gasteiger partial charge in [-0.05, 0) is 32.6 Å². The van der Waals surface area contributed by atoms with Crippen LogP contribution in [0.25, 0.3) is 0 Å². The minimum atomic E-state index is -1.02. The van der Waals surface area contributed by atoms with Crippen molar-refractivity contribution < 1.29 is 19.4 Å². The Hall–Kier alpha value is -1.36. The second kappa shape index (κ2) is 10.4. The summed E-state index contributed by atoms with van der Waals surface area (Å²) >= 11 is 0. The van der Waals surface area contributed by atoms with Gasteiger partial charge in [0, 0.05) is 6.42 Å². The van der Waals surface area contributed by atoms with Gasteiger partial charge in [-0.3, -0.25) is 4.79 Å². The fourth-order valence-corrected chi connectivity index (χ4v) is 1.84. The highest BCUT2D eigenvalue weighted by atomic mass is 16.5. The Kier molecular flexibility index (Phi) is 9.72. The molecule has 20 heavy (non-hydrogen) atoms. The summed E-state index contributed by atoms with van der Waals surface area (Å²) in [6, 6.07) is -0.869. The number of hydrogen-bond donors (Lipinski definition) is 2. The molecule has 2 atom stereocenters. The van der Waals surface area contributed by atoms with E-state index in [0.717, 1.165) is 6.42 Å². The van der Waals surface area contributed by atoms with E-state index in [0.29, 0.717) is 18.9 Å². The number of allylic oxidation sites excluding steroid dienone is 1. The Morgan fingerprint density at radius 3 is 2.45 bits per heavy atom. The highest BCUT2D eigenvalue weighted by Crippen LogP contribution is 2.07. The van der Waals surface area contributed by atoms with E-state index in [1.165, 1.54) is 0 Å². The molecule has 0 saturated heterocycles. The molecule has 0 fully saturated rings. The first-order valence-electron chi connectivity index (χ1n) is 7.11. The highest BCUT2D eigenvalue weighted by molar-refractivity contribution is 5.83. The first-order chi connectivity index (χ1) is 9.36. The molecule has 116 valence electrons. The van der Waals surface area contributed by atoms with Crippen LogP contribution in [-0.4, -0.2) is 35.7 Å². The van der Waals surface area contributed by atoms with Gasteiger partial charge in [0.05, 0.1) is 12.7 Å². The summed E-state index contributed by atoms with van der Waals surface area (Å²) < 4.78 is 5.52. The van der Waals surface area contributed by atoms with Crippen molar-refractivity contribution in [3.8, 4) is 0 Å². The minimum Gasteiger partial charge on any atom is -0.480 e. The molecule has 0 aromatic carbocycles. The summed E-state index contributed by atoms with van der Waals surface area (Å²) in [6.07, 6.45) is 5.02. The van der Waals surface area contributed by atoms with Crippen molar-refractivity contribution >= 4 is 11.9 Å². The zero-order valence-corrected chi connectivity index (χ0v) is 12.9. The lowest BCUT2D eigenvalue weighted by Crippen LogP contribution is -2.40. The van der Waals surface area contributed by atoms with Crippen molar-refractivity contribution in [3.63, 3.8) is 0 Å². The van der Waals surface area contributed by atoms with Crippen molar-refractivity contribution in [1.29, 1.82) is 0 Å². The molecule has 0 rings (SSSR count). The molecule has 1 amide bonds. The minimum absolute atomic E-state index is 0.112. The van der Waals surface area contributed by atoms with Gasteiger partial charge in [-0.2, -0.15) is 0 Å². The van der Waals surface area contributed by atoms with Crippen LogP contribution in [0, 0.1) is 5.92 Å². The molecular weight excluding hydrogens is 258 g/mol. The summed E-state index contributed by atoms with van der Waals surface area (Å²) in [5.74, 6) is -0.764. The number of hydrogen-bond acceptors (Lipinski definition) is 3. The molecule has 5 nitrogen and oxygen atoms in total. The standard InChI is InChI=1S/C15H27NO4/c1-5-6-7-13(15(18)19)16-14(17)8-9-20-12(4)10-11(2)3/h5-6,11-13H,7-10H2,1-4H3,(H,16,17)(H,18,19)/b6-5+. The Balaban J connectivity index is 3.99. The summed E-state index contributed by atoms with van der Waals surface area (Å²) in [5.41, 5.74) is 0. The van der Waals surface area contributed by atoms with Crippen molar-refractivity contribution in [2.24, 2.45) is 5.92 Å². The van der Waals surface area contributed by atoms with Crippen molar-refractivity contribution in [2.45, 2.75) is 59.1 Å². The third-order valence-electron chi connectivity index (χ3n) is 2.78. The quantitative estimate of drug-likeness (QED) is 0.604. The number of ether oxygens (including phenoxy) is 1. The van der Waals surface area contributed by atoms with Gasteiger partial charge in [0.25, 0.3) is 0 Å². The van der Waals surface area contributed by atoms with Crippen molar-refractivity contribution in [3.05, 3.63) is 12.2 Å². The predicted octanol–water partition coefficient (Wildman–Crippen LogP) is 2.36. The van der Waals surface area contributed by atoms with Gasteiger partial charge in [0.15, 0.2) is 0 Å². The molecule has 0 bridgehead atoms. The molecule has 5 heteroatoms. The van der Waals surface area contributed by atoms with E-state index in [-0.39, 0.29) is 18.4 Å². The Morgan fingerprint density at radius 2 is 1.95 bits per heavy atom. The third kappa shape index (κ3) is 9.55. The molecular formula is C15H27NO4. The summed E-state index contributed by atoms with van der Waals surface area (Å²) in [6.45, 7) is 8.33. The average Bonchev–Trinajstić information content (AvgIpc) is 2.33. The number of amides is 1. The van der Waals surface area contributed by atoms with E-state index in [1.54, 1.807) is 12.2 Å². The molecule has 2 unspecified atom stereocenters. The fraction of sp³-hybridized carbons (Fsp3) is 0.733. The van der Waals surface area contributed by atoms with Crippen LogP contribution in [0.5, 0.6) is 0 Å².